The first-order valence-electron chi connectivity index (χ1n) is 9.16. The summed E-state index contributed by atoms with van der Waals surface area (Å²) >= 11 is 0. The predicted octanol–water partition coefficient (Wildman–Crippen LogP) is 3.19. The van der Waals surface area contributed by atoms with Gasteiger partial charge in [0.1, 0.15) is 23.1 Å². The van der Waals surface area contributed by atoms with Gasteiger partial charge in [0.05, 0.1) is 11.8 Å². The molecule has 1 aromatic carbocycles. The maximum atomic E-state index is 12.7. The Morgan fingerprint density at radius 1 is 1.22 bits per heavy atom. The number of aryl methyl sites for hydroxylation is 1. The van der Waals surface area contributed by atoms with Crippen LogP contribution in [-0.4, -0.2) is 54.1 Å². The minimum absolute atomic E-state index is 0.0160. The minimum atomic E-state index is -0.295. The van der Waals surface area contributed by atoms with Gasteiger partial charge in [-0.1, -0.05) is 12.1 Å². The highest BCUT2D eigenvalue weighted by Gasteiger charge is 2.14. The Labute approximate surface area is 161 Å². The monoisotopic (exact) mass is 371 g/mol. The summed E-state index contributed by atoms with van der Waals surface area (Å²) in [5, 5.41) is 6.14. The van der Waals surface area contributed by atoms with Crippen LogP contribution >= 0.6 is 0 Å². The first-order chi connectivity index (χ1) is 12.8. The van der Waals surface area contributed by atoms with Gasteiger partial charge in [-0.2, -0.15) is 0 Å². The van der Waals surface area contributed by atoms with Crippen molar-refractivity contribution in [1.82, 2.24) is 14.9 Å². The molecule has 1 aromatic heterocycles. The SMILES string of the molecule is Cc1nc(NCCCN(C)C)cc(C(=O)Nc2ccccc2OC(C)C)n1. The molecule has 1 amide bonds. The largest absolute Gasteiger partial charge is 0.489 e. The molecule has 0 saturated heterocycles. The molecule has 0 unspecified atom stereocenters. The second-order valence-electron chi connectivity index (χ2n) is 6.89. The molecule has 1 heterocycles. The van der Waals surface area contributed by atoms with E-state index in [9.17, 15) is 4.79 Å². The van der Waals surface area contributed by atoms with Crippen LogP contribution in [0.5, 0.6) is 5.75 Å². The smallest absolute Gasteiger partial charge is 0.274 e. The molecule has 0 aliphatic rings. The highest BCUT2D eigenvalue weighted by molar-refractivity contribution is 6.04. The number of carbonyl (C=O) groups is 1. The van der Waals surface area contributed by atoms with Crippen LogP contribution < -0.4 is 15.4 Å². The normalized spacial score (nSPS) is 10.9. The van der Waals surface area contributed by atoms with Crippen molar-refractivity contribution < 1.29 is 9.53 Å². The molecule has 7 nitrogen and oxygen atoms in total. The Balaban J connectivity index is 2.08. The minimum Gasteiger partial charge on any atom is -0.489 e. The molecule has 2 rings (SSSR count). The average Bonchev–Trinajstić information content (AvgIpc) is 2.59. The fourth-order valence-corrected chi connectivity index (χ4v) is 2.50. The van der Waals surface area contributed by atoms with Gasteiger partial charge < -0.3 is 20.3 Å². The van der Waals surface area contributed by atoms with Crippen LogP contribution in [0.3, 0.4) is 0 Å². The number of amides is 1. The summed E-state index contributed by atoms with van der Waals surface area (Å²) in [4.78, 5) is 23.4. The van der Waals surface area contributed by atoms with E-state index in [0.29, 0.717) is 28.8 Å². The molecule has 2 aromatic rings. The number of carbonyl (C=O) groups excluding carboxylic acids is 1. The van der Waals surface area contributed by atoms with Gasteiger partial charge in [0.25, 0.3) is 5.91 Å². The van der Waals surface area contributed by atoms with E-state index in [1.807, 2.05) is 52.2 Å². The summed E-state index contributed by atoms with van der Waals surface area (Å²) in [6.45, 7) is 7.43. The van der Waals surface area contributed by atoms with E-state index in [0.717, 1.165) is 19.5 Å². The molecule has 2 N–H and O–H groups in total. The molecule has 0 fully saturated rings. The van der Waals surface area contributed by atoms with Crippen molar-refractivity contribution in [2.45, 2.75) is 33.3 Å². The highest BCUT2D eigenvalue weighted by Crippen LogP contribution is 2.25. The van der Waals surface area contributed by atoms with Crippen LogP contribution in [0.1, 0.15) is 36.6 Å². The zero-order chi connectivity index (χ0) is 19.8. The Kier molecular flexibility index (Phi) is 7.55. The van der Waals surface area contributed by atoms with Gasteiger partial charge in [-0.05, 0) is 60.0 Å². The van der Waals surface area contributed by atoms with Crippen molar-refractivity contribution in [3.8, 4) is 5.75 Å². The van der Waals surface area contributed by atoms with E-state index in [1.54, 1.807) is 13.0 Å². The molecule has 0 radical (unpaired) electrons. The van der Waals surface area contributed by atoms with Crippen LogP contribution in [-0.2, 0) is 0 Å². The molecule has 0 aliphatic carbocycles. The fourth-order valence-electron chi connectivity index (χ4n) is 2.50. The van der Waals surface area contributed by atoms with Crippen molar-refractivity contribution in [3.63, 3.8) is 0 Å². The lowest BCUT2D eigenvalue weighted by atomic mass is 10.2. The van der Waals surface area contributed by atoms with Crippen LogP contribution in [0.25, 0.3) is 0 Å². The van der Waals surface area contributed by atoms with E-state index in [1.165, 1.54) is 0 Å². The highest BCUT2D eigenvalue weighted by atomic mass is 16.5. The second kappa shape index (κ2) is 9.87. The molecule has 7 heteroatoms. The lowest BCUT2D eigenvalue weighted by Gasteiger charge is -2.15. The zero-order valence-electron chi connectivity index (χ0n) is 16.7. The Morgan fingerprint density at radius 3 is 2.67 bits per heavy atom. The van der Waals surface area contributed by atoms with E-state index >= 15 is 0 Å². The number of para-hydroxylation sites is 2. The number of hydrogen-bond donors (Lipinski definition) is 2. The van der Waals surface area contributed by atoms with E-state index in [2.05, 4.69) is 25.5 Å². The van der Waals surface area contributed by atoms with Crippen LogP contribution in [0.15, 0.2) is 30.3 Å². The topological polar surface area (TPSA) is 79.4 Å². The van der Waals surface area contributed by atoms with Crippen LogP contribution in [0.4, 0.5) is 11.5 Å². The van der Waals surface area contributed by atoms with Gasteiger partial charge in [0, 0.05) is 12.6 Å². The Morgan fingerprint density at radius 2 is 1.96 bits per heavy atom. The summed E-state index contributed by atoms with van der Waals surface area (Å²) < 4.78 is 5.75. The van der Waals surface area contributed by atoms with Crippen LogP contribution in [0.2, 0.25) is 0 Å². The number of rotatable bonds is 9. The molecule has 0 spiro atoms. The predicted molar refractivity (Wildman–Crippen MR) is 109 cm³/mol. The third-order valence-corrected chi connectivity index (χ3v) is 3.66. The number of ether oxygens (including phenoxy) is 1. The van der Waals surface area contributed by atoms with E-state index in [-0.39, 0.29) is 12.0 Å². The molecule has 0 saturated carbocycles. The lowest BCUT2D eigenvalue weighted by Crippen LogP contribution is -2.18. The molecule has 146 valence electrons. The summed E-state index contributed by atoms with van der Waals surface area (Å²) in [5.41, 5.74) is 0.935. The first kappa shape index (κ1) is 20.6. The Bertz CT molecular complexity index is 762. The van der Waals surface area contributed by atoms with Crippen molar-refractivity contribution in [3.05, 3.63) is 41.9 Å². The van der Waals surface area contributed by atoms with Gasteiger partial charge in [-0.25, -0.2) is 9.97 Å². The van der Waals surface area contributed by atoms with Crippen molar-refractivity contribution >= 4 is 17.4 Å². The standard InChI is InChI=1S/C20H29N5O2/c1-14(2)27-18-10-7-6-9-16(18)24-20(26)17-13-19(23-15(3)22-17)21-11-8-12-25(4)5/h6-7,9-10,13-14H,8,11-12H2,1-5H3,(H,24,26)(H,21,22,23). The maximum absolute atomic E-state index is 12.7. The third-order valence-electron chi connectivity index (χ3n) is 3.66. The van der Waals surface area contributed by atoms with Crippen molar-refractivity contribution in [2.24, 2.45) is 0 Å². The van der Waals surface area contributed by atoms with Gasteiger partial charge in [-0.3, -0.25) is 4.79 Å². The van der Waals surface area contributed by atoms with Gasteiger partial charge in [0.15, 0.2) is 0 Å². The van der Waals surface area contributed by atoms with Gasteiger partial charge in [0.2, 0.25) is 0 Å². The number of hydrogen-bond acceptors (Lipinski definition) is 6. The summed E-state index contributed by atoms with van der Waals surface area (Å²) in [6.07, 6.45) is 1.000. The van der Waals surface area contributed by atoms with Crippen LogP contribution in [0, 0.1) is 6.92 Å². The number of nitrogens with one attached hydrogen (secondary N) is 2. The molecule has 0 aliphatic heterocycles. The summed E-state index contributed by atoms with van der Waals surface area (Å²) in [6, 6.07) is 9.04. The summed E-state index contributed by atoms with van der Waals surface area (Å²) in [7, 11) is 4.08. The quantitative estimate of drug-likeness (QED) is 0.659. The third kappa shape index (κ3) is 6.86. The van der Waals surface area contributed by atoms with Crippen molar-refractivity contribution in [2.75, 3.05) is 37.8 Å². The zero-order valence-corrected chi connectivity index (χ0v) is 16.7. The molecule has 0 bridgehead atoms. The molecule has 27 heavy (non-hydrogen) atoms. The van der Waals surface area contributed by atoms with Gasteiger partial charge >= 0.3 is 0 Å². The van der Waals surface area contributed by atoms with Gasteiger partial charge in [-0.15, -0.1) is 0 Å². The molecule has 0 atom stereocenters. The lowest BCUT2D eigenvalue weighted by molar-refractivity contribution is 0.102. The summed E-state index contributed by atoms with van der Waals surface area (Å²) in [5.74, 6) is 1.54. The maximum Gasteiger partial charge on any atom is 0.274 e. The average molecular weight is 371 g/mol. The van der Waals surface area contributed by atoms with Crippen molar-refractivity contribution in [1.29, 1.82) is 0 Å². The molecular formula is C20H29N5O2. The number of anilines is 2. The Hall–Kier alpha value is -2.67. The number of nitrogens with zero attached hydrogens (tertiary/aromatic N) is 3. The van der Waals surface area contributed by atoms with E-state index in [4.69, 9.17) is 4.74 Å². The number of benzene rings is 1. The number of aromatic nitrogens is 2. The first-order valence-corrected chi connectivity index (χ1v) is 9.16. The molecular weight excluding hydrogens is 342 g/mol. The second-order valence-corrected chi connectivity index (χ2v) is 6.89. The van der Waals surface area contributed by atoms with E-state index < -0.39 is 0 Å². The fraction of sp³-hybridized carbons (Fsp3) is 0.450.